The Hall–Kier alpha value is -3.24. The molecule has 4 aromatic rings. The highest BCUT2D eigenvalue weighted by molar-refractivity contribution is 6.34. The molecule has 0 radical (unpaired) electrons. The van der Waals surface area contributed by atoms with Crippen molar-refractivity contribution in [2.45, 2.75) is 13.8 Å². The Bertz CT molecular complexity index is 1230. The zero-order valence-corrected chi connectivity index (χ0v) is 15.2. The Labute approximate surface area is 154 Å². The minimum Gasteiger partial charge on any atom is -0.495 e. The molecule has 26 heavy (non-hydrogen) atoms. The van der Waals surface area contributed by atoms with E-state index in [2.05, 4.69) is 16.2 Å². The summed E-state index contributed by atoms with van der Waals surface area (Å²) in [4.78, 5) is 4.30. The van der Waals surface area contributed by atoms with Crippen molar-refractivity contribution in [2.75, 3.05) is 12.8 Å². The van der Waals surface area contributed by atoms with Gasteiger partial charge in [-0.3, -0.25) is 4.57 Å². The van der Waals surface area contributed by atoms with Crippen LogP contribution in [0, 0.1) is 25.2 Å². The van der Waals surface area contributed by atoms with E-state index in [4.69, 9.17) is 22.1 Å². The van der Waals surface area contributed by atoms with Crippen molar-refractivity contribution >= 4 is 34.1 Å². The monoisotopic (exact) mass is 366 g/mol. The van der Waals surface area contributed by atoms with E-state index in [0.717, 1.165) is 11.1 Å². The fourth-order valence-corrected chi connectivity index (χ4v) is 3.68. The van der Waals surface area contributed by atoms with E-state index < -0.39 is 0 Å². The number of fused-ring (bicyclic) bond motifs is 3. The third kappa shape index (κ3) is 1.99. The third-order valence-corrected chi connectivity index (χ3v) is 4.88. The summed E-state index contributed by atoms with van der Waals surface area (Å²) < 4.78 is 8.78. The van der Waals surface area contributed by atoms with Gasteiger partial charge < -0.3 is 10.5 Å². The Balaban J connectivity index is 2.28. The smallest absolute Gasteiger partial charge is 0.160 e. The highest BCUT2D eigenvalue weighted by Crippen LogP contribution is 2.39. The lowest BCUT2D eigenvalue weighted by Crippen LogP contribution is -2.07. The second-order valence-corrected chi connectivity index (χ2v) is 6.39. The van der Waals surface area contributed by atoms with Crippen LogP contribution in [0.25, 0.3) is 22.4 Å². The summed E-state index contributed by atoms with van der Waals surface area (Å²) in [6.45, 7) is 3.84. The maximum atomic E-state index is 9.68. The van der Waals surface area contributed by atoms with Crippen LogP contribution < -0.4 is 10.5 Å². The van der Waals surface area contributed by atoms with Crippen molar-refractivity contribution in [3.05, 3.63) is 46.2 Å². The summed E-state index contributed by atoms with van der Waals surface area (Å²) >= 11 is 6.60. The van der Waals surface area contributed by atoms with Gasteiger partial charge in [0.2, 0.25) is 0 Å². The van der Waals surface area contributed by atoms with Crippen LogP contribution in [0.2, 0.25) is 5.02 Å². The molecule has 3 heterocycles. The second-order valence-electron chi connectivity index (χ2n) is 6.01. The largest absolute Gasteiger partial charge is 0.495 e. The number of nitrogens with two attached hydrogens (primary N) is 1. The molecule has 3 aromatic heterocycles. The predicted molar refractivity (Wildman–Crippen MR) is 100.0 cm³/mol. The van der Waals surface area contributed by atoms with Crippen molar-refractivity contribution in [2.24, 2.45) is 0 Å². The van der Waals surface area contributed by atoms with Gasteiger partial charge in [-0.25, -0.2) is 4.98 Å². The first-order valence-corrected chi connectivity index (χ1v) is 8.24. The number of aromatic nitrogens is 4. The van der Waals surface area contributed by atoms with Gasteiger partial charge in [-0.05, 0) is 37.1 Å². The number of nitrogen functional groups attached to an aromatic ring is 1. The summed E-state index contributed by atoms with van der Waals surface area (Å²) in [5, 5.41) is 15.1. The summed E-state index contributed by atoms with van der Waals surface area (Å²) in [7, 11) is 1.55. The average molecular weight is 367 g/mol. The van der Waals surface area contributed by atoms with Gasteiger partial charge in [-0.15, -0.1) is 0 Å². The zero-order valence-electron chi connectivity index (χ0n) is 14.4. The zero-order chi connectivity index (χ0) is 18.6. The van der Waals surface area contributed by atoms with Gasteiger partial charge in [0.05, 0.1) is 12.8 Å². The summed E-state index contributed by atoms with van der Waals surface area (Å²) in [6.07, 6.45) is 1.47. The maximum absolute atomic E-state index is 9.68. The molecule has 0 saturated carbocycles. The van der Waals surface area contributed by atoms with Crippen molar-refractivity contribution in [3.8, 4) is 17.5 Å². The summed E-state index contributed by atoms with van der Waals surface area (Å²) in [5.41, 5.74) is 10.5. The van der Waals surface area contributed by atoms with Gasteiger partial charge in [0.25, 0.3) is 0 Å². The van der Waals surface area contributed by atoms with Gasteiger partial charge in [-0.1, -0.05) is 17.7 Å². The van der Waals surface area contributed by atoms with Crippen molar-refractivity contribution in [1.82, 2.24) is 19.2 Å². The minimum atomic E-state index is 0.295. The number of methoxy groups -OCH3 is 1. The van der Waals surface area contributed by atoms with Gasteiger partial charge >= 0.3 is 0 Å². The quantitative estimate of drug-likeness (QED) is 0.586. The van der Waals surface area contributed by atoms with Crippen molar-refractivity contribution in [3.63, 3.8) is 0 Å². The Morgan fingerprint density at radius 2 is 2.04 bits per heavy atom. The lowest BCUT2D eigenvalue weighted by atomic mass is 10.2. The number of rotatable bonds is 2. The van der Waals surface area contributed by atoms with Crippen molar-refractivity contribution in [1.29, 1.82) is 5.26 Å². The molecule has 0 aliphatic heterocycles. The van der Waals surface area contributed by atoms with E-state index in [1.165, 1.54) is 6.33 Å². The van der Waals surface area contributed by atoms with Gasteiger partial charge in [0.15, 0.2) is 11.3 Å². The number of nitrogens with zero attached hydrogens (tertiary/aromatic N) is 5. The number of hydrogen-bond donors (Lipinski definition) is 1. The minimum absolute atomic E-state index is 0.295. The number of benzene rings is 1. The molecule has 0 amide bonds. The average Bonchev–Trinajstić information content (AvgIpc) is 3.19. The fraction of sp³-hybridized carbons (Fsp3) is 0.167. The van der Waals surface area contributed by atoms with Crippen LogP contribution in [0.3, 0.4) is 0 Å². The van der Waals surface area contributed by atoms with Gasteiger partial charge in [-0.2, -0.15) is 14.9 Å². The van der Waals surface area contributed by atoms with Gasteiger partial charge in [0.1, 0.15) is 34.6 Å². The molecule has 0 atom stereocenters. The van der Waals surface area contributed by atoms with Gasteiger partial charge in [0, 0.05) is 5.39 Å². The van der Waals surface area contributed by atoms with E-state index in [0.29, 0.717) is 44.5 Å². The maximum Gasteiger partial charge on any atom is 0.160 e. The highest BCUT2D eigenvalue weighted by atomic mass is 35.5. The first kappa shape index (κ1) is 16.2. The van der Waals surface area contributed by atoms with Crippen LogP contribution in [0.1, 0.15) is 16.7 Å². The lowest BCUT2D eigenvalue weighted by Gasteiger charge is -2.16. The molecular weight excluding hydrogens is 352 g/mol. The Morgan fingerprint density at radius 3 is 2.73 bits per heavy atom. The molecule has 4 rings (SSSR count). The number of nitriles is 1. The first-order chi connectivity index (χ1) is 12.5. The van der Waals surface area contributed by atoms with Crippen LogP contribution >= 0.6 is 11.6 Å². The lowest BCUT2D eigenvalue weighted by molar-refractivity contribution is 0.415. The highest BCUT2D eigenvalue weighted by Gasteiger charge is 2.24. The molecule has 2 N–H and O–H groups in total. The number of anilines is 1. The molecule has 0 saturated heterocycles. The summed E-state index contributed by atoms with van der Waals surface area (Å²) in [6, 6.07) is 7.78. The number of aryl methyl sites for hydroxylation is 2. The van der Waals surface area contributed by atoms with E-state index in [9.17, 15) is 5.26 Å². The van der Waals surface area contributed by atoms with Crippen LogP contribution in [-0.4, -0.2) is 26.3 Å². The van der Waals surface area contributed by atoms with Crippen molar-refractivity contribution < 1.29 is 4.74 Å². The van der Waals surface area contributed by atoms with Crippen LogP contribution in [0.4, 0.5) is 5.82 Å². The molecule has 0 aliphatic rings. The molecule has 130 valence electrons. The Kier molecular flexibility index (Phi) is 3.53. The molecule has 0 fully saturated rings. The van der Waals surface area contributed by atoms with Crippen LogP contribution in [0.15, 0.2) is 24.5 Å². The van der Waals surface area contributed by atoms with E-state index in [1.54, 1.807) is 22.3 Å². The van der Waals surface area contributed by atoms with E-state index >= 15 is 0 Å². The SMILES string of the molecule is COc1ccc(C)c(-n2c(N)c(C#N)c3cc(C)c4ncnn4c32)c1Cl. The number of hydrogen-bond acceptors (Lipinski definition) is 5. The normalized spacial score (nSPS) is 11.2. The molecule has 0 aliphatic carbocycles. The molecule has 7 nitrogen and oxygen atoms in total. The third-order valence-electron chi connectivity index (χ3n) is 4.52. The predicted octanol–water partition coefficient (Wildman–Crippen LogP) is 3.41. The molecular formula is C18H15ClN6O. The molecule has 0 spiro atoms. The van der Waals surface area contributed by atoms with E-state index in [-0.39, 0.29) is 0 Å². The molecule has 0 unspecified atom stereocenters. The van der Waals surface area contributed by atoms with Crippen LogP contribution in [0.5, 0.6) is 5.75 Å². The second kappa shape index (κ2) is 5.64. The number of ether oxygens (including phenoxy) is 1. The fourth-order valence-electron chi connectivity index (χ4n) is 3.31. The molecule has 0 bridgehead atoms. The number of pyridine rings is 1. The molecule has 8 heteroatoms. The first-order valence-electron chi connectivity index (χ1n) is 7.86. The Morgan fingerprint density at radius 1 is 1.27 bits per heavy atom. The standard InChI is InChI=1S/C18H15ClN6O/c1-9-4-5-13(26-3)14(19)15(9)24-16(21)12(7-20)11-6-10(2)17-22-8-23-25(17)18(11)24/h4-6,8H,21H2,1-3H3. The summed E-state index contributed by atoms with van der Waals surface area (Å²) in [5.74, 6) is 0.817. The topological polar surface area (TPSA) is 94.2 Å². The number of halogens is 1. The molecule has 1 aromatic carbocycles. The van der Waals surface area contributed by atoms with E-state index in [1.807, 2.05) is 26.0 Å². The van der Waals surface area contributed by atoms with Crippen LogP contribution in [-0.2, 0) is 0 Å².